The van der Waals surface area contributed by atoms with E-state index in [1.807, 2.05) is 0 Å². The van der Waals surface area contributed by atoms with Crippen molar-refractivity contribution in [1.29, 1.82) is 0 Å². The molecule has 2 nitrogen and oxygen atoms in total. The van der Waals surface area contributed by atoms with Crippen LogP contribution in [0.4, 0.5) is 8.78 Å². The Morgan fingerprint density at radius 1 is 1.41 bits per heavy atom. The van der Waals surface area contributed by atoms with E-state index in [1.165, 1.54) is 6.07 Å². The molecule has 1 heterocycles. The molecule has 0 amide bonds. The van der Waals surface area contributed by atoms with Gasteiger partial charge < -0.3 is 5.32 Å². The van der Waals surface area contributed by atoms with Gasteiger partial charge in [0, 0.05) is 12.5 Å². The fourth-order valence-electron chi connectivity index (χ4n) is 2.23. The Bertz CT molecular complexity index is 439. The first-order valence-corrected chi connectivity index (χ1v) is 5.81. The van der Waals surface area contributed by atoms with Crippen LogP contribution in [0.5, 0.6) is 0 Å². The average molecular weight is 239 g/mol. The molecule has 2 rings (SSSR count). The third-order valence-corrected chi connectivity index (χ3v) is 3.22. The predicted molar refractivity (Wildman–Crippen MR) is 61.0 cm³/mol. The third kappa shape index (κ3) is 2.36. The lowest BCUT2D eigenvalue weighted by atomic mass is 9.89. The zero-order chi connectivity index (χ0) is 12.4. The molecular formula is C13H15F2NO. The highest BCUT2D eigenvalue weighted by molar-refractivity contribution is 5.99. The van der Waals surface area contributed by atoms with Crippen molar-refractivity contribution >= 4 is 5.78 Å². The van der Waals surface area contributed by atoms with Crippen LogP contribution in [0.2, 0.25) is 0 Å². The monoisotopic (exact) mass is 239 g/mol. The molecule has 17 heavy (non-hydrogen) atoms. The van der Waals surface area contributed by atoms with E-state index < -0.39 is 11.6 Å². The van der Waals surface area contributed by atoms with Crippen LogP contribution in [0.25, 0.3) is 0 Å². The molecule has 92 valence electrons. The lowest BCUT2D eigenvalue weighted by Gasteiger charge is -2.22. The topological polar surface area (TPSA) is 29.1 Å². The summed E-state index contributed by atoms with van der Waals surface area (Å²) >= 11 is 0. The molecule has 0 saturated carbocycles. The molecule has 1 fully saturated rings. The van der Waals surface area contributed by atoms with Crippen LogP contribution in [0.3, 0.4) is 0 Å². The molecule has 0 aromatic heterocycles. The second-order valence-corrected chi connectivity index (χ2v) is 4.46. The number of hydrogen-bond donors (Lipinski definition) is 1. The van der Waals surface area contributed by atoms with Gasteiger partial charge >= 0.3 is 0 Å². The maximum Gasteiger partial charge on any atom is 0.170 e. The predicted octanol–water partition coefficient (Wildman–Crippen LogP) is 2.46. The van der Waals surface area contributed by atoms with Gasteiger partial charge in [-0.1, -0.05) is 6.07 Å². The van der Waals surface area contributed by atoms with E-state index in [-0.39, 0.29) is 17.3 Å². The number of aryl methyl sites for hydroxylation is 1. The summed E-state index contributed by atoms with van der Waals surface area (Å²) < 4.78 is 26.8. The Morgan fingerprint density at radius 3 is 2.82 bits per heavy atom. The molecule has 0 aliphatic carbocycles. The number of nitrogens with one attached hydrogen (secondary N) is 1. The second-order valence-electron chi connectivity index (χ2n) is 4.46. The molecule has 1 aromatic carbocycles. The summed E-state index contributed by atoms with van der Waals surface area (Å²) in [7, 11) is 0. The van der Waals surface area contributed by atoms with E-state index >= 15 is 0 Å². The van der Waals surface area contributed by atoms with Gasteiger partial charge in [-0.25, -0.2) is 8.78 Å². The smallest absolute Gasteiger partial charge is 0.170 e. The normalized spacial score (nSPS) is 20.3. The summed E-state index contributed by atoms with van der Waals surface area (Å²) in [6.45, 7) is 3.06. The van der Waals surface area contributed by atoms with E-state index in [9.17, 15) is 13.6 Å². The van der Waals surface area contributed by atoms with E-state index in [4.69, 9.17) is 0 Å². The van der Waals surface area contributed by atoms with Crippen LogP contribution in [-0.4, -0.2) is 18.9 Å². The van der Waals surface area contributed by atoms with Crippen molar-refractivity contribution in [3.05, 3.63) is 34.9 Å². The molecule has 1 unspecified atom stereocenters. The van der Waals surface area contributed by atoms with Gasteiger partial charge in [0.1, 0.15) is 0 Å². The Hall–Kier alpha value is -1.29. The lowest BCUT2D eigenvalue weighted by Crippen LogP contribution is -2.35. The highest BCUT2D eigenvalue weighted by Gasteiger charge is 2.27. The zero-order valence-corrected chi connectivity index (χ0v) is 9.72. The fraction of sp³-hybridized carbons (Fsp3) is 0.462. The molecule has 4 heteroatoms. The van der Waals surface area contributed by atoms with Crippen molar-refractivity contribution < 1.29 is 13.6 Å². The number of hydrogen-bond acceptors (Lipinski definition) is 2. The summed E-state index contributed by atoms with van der Waals surface area (Å²) in [6, 6.07) is 2.50. The van der Waals surface area contributed by atoms with Crippen molar-refractivity contribution in [3.63, 3.8) is 0 Å². The number of rotatable bonds is 2. The molecule has 1 aromatic rings. The highest BCUT2D eigenvalue weighted by atomic mass is 19.2. The van der Waals surface area contributed by atoms with Crippen molar-refractivity contribution in [1.82, 2.24) is 5.32 Å². The van der Waals surface area contributed by atoms with Gasteiger partial charge in [0.05, 0.1) is 5.56 Å². The zero-order valence-electron chi connectivity index (χ0n) is 9.72. The third-order valence-electron chi connectivity index (χ3n) is 3.22. The van der Waals surface area contributed by atoms with Crippen LogP contribution in [0.15, 0.2) is 12.1 Å². The second kappa shape index (κ2) is 4.92. The first-order valence-electron chi connectivity index (χ1n) is 5.81. The molecule has 1 atom stereocenters. The maximum atomic E-state index is 13.7. The average Bonchev–Trinajstić information content (AvgIpc) is 2.35. The van der Waals surface area contributed by atoms with Crippen molar-refractivity contribution in [2.75, 3.05) is 13.1 Å². The van der Waals surface area contributed by atoms with Gasteiger partial charge in [0.25, 0.3) is 0 Å². The summed E-state index contributed by atoms with van der Waals surface area (Å²) in [5, 5.41) is 3.10. The number of ketones is 1. The van der Waals surface area contributed by atoms with E-state index in [0.29, 0.717) is 12.1 Å². The number of carbonyl (C=O) groups excluding carboxylic acids is 1. The number of piperidine rings is 1. The van der Waals surface area contributed by atoms with Gasteiger partial charge in [-0.05, 0) is 37.9 Å². The molecular weight excluding hydrogens is 224 g/mol. The summed E-state index contributed by atoms with van der Waals surface area (Å²) in [5.41, 5.74) is 0.415. The Labute approximate surface area is 99.0 Å². The van der Waals surface area contributed by atoms with Crippen molar-refractivity contribution in [2.24, 2.45) is 5.92 Å². The molecule has 0 bridgehead atoms. The van der Waals surface area contributed by atoms with Crippen LogP contribution >= 0.6 is 0 Å². The van der Waals surface area contributed by atoms with Crippen LogP contribution in [0.1, 0.15) is 28.8 Å². The lowest BCUT2D eigenvalue weighted by molar-refractivity contribution is 0.0893. The van der Waals surface area contributed by atoms with Gasteiger partial charge in [0.15, 0.2) is 17.4 Å². The summed E-state index contributed by atoms with van der Waals surface area (Å²) in [5.74, 6) is -2.49. The largest absolute Gasteiger partial charge is 0.316 e. The Morgan fingerprint density at radius 2 is 2.18 bits per heavy atom. The van der Waals surface area contributed by atoms with Crippen LogP contribution < -0.4 is 5.32 Å². The molecule has 1 aliphatic rings. The summed E-state index contributed by atoms with van der Waals surface area (Å²) in [4.78, 5) is 12.1. The Balaban J connectivity index is 2.32. The molecule has 1 N–H and O–H groups in total. The molecule has 0 spiro atoms. The SMILES string of the molecule is Cc1ccc(F)c(F)c1C(=O)C1CCCNC1. The number of benzene rings is 1. The van der Waals surface area contributed by atoms with Crippen LogP contribution in [-0.2, 0) is 0 Å². The minimum Gasteiger partial charge on any atom is -0.316 e. The first kappa shape index (κ1) is 12.2. The first-order chi connectivity index (χ1) is 8.11. The van der Waals surface area contributed by atoms with Crippen LogP contribution in [0, 0.1) is 24.5 Å². The quantitative estimate of drug-likeness (QED) is 0.803. The standard InChI is InChI=1S/C13H15F2NO/c1-8-4-5-10(14)12(15)11(8)13(17)9-3-2-6-16-7-9/h4-5,9,16H,2-3,6-7H2,1H3. The highest BCUT2D eigenvalue weighted by Crippen LogP contribution is 2.23. The van der Waals surface area contributed by atoms with Gasteiger partial charge in [-0.3, -0.25) is 4.79 Å². The fourth-order valence-corrected chi connectivity index (χ4v) is 2.23. The number of halogens is 2. The van der Waals surface area contributed by atoms with Gasteiger partial charge in [-0.15, -0.1) is 0 Å². The minimum absolute atomic E-state index is 0.0845. The van der Waals surface area contributed by atoms with Crippen molar-refractivity contribution in [2.45, 2.75) is 19.8 Å². The van der Waals surface area contributed by atoms with E-state index in [0.717, 1.165) is 25.5 Å². The number of carbonyl (C=O) groups is 1. The number of Topliss-reactive ketones (excluding diaryl/α,β-unsaturated/α-hetero) is 1. The van der Waals surface area contributed by atoms with E-state index in [2.05, 4.69) is 5.32 Å². The molecule has 1 saturated heterocycles. The minimum atomic E-state index is -1.01. The molecule has 1 aliphatic heterocycles. The van der Waals surface area contributed by atoms with Crippen molar-refractivity contribution in [3.8, 4) is 0 Å². The van der Waals surface area contributed by atoms with E-state index in [1.54, 1.807) is 6.92 Å². The Kier molecular flexibility index (Phi) is 3.52. The molecule has 0 radical (unpaired) electrons. The van der Waals surface area contributed by atoms with Gasteiger partial charge in [0.2, 0.25) is 0 Å². The maximum absolute atomic E-state index is 13.7. The summed E-state index contributed by atoms with van der Waals surface area (Å²) in [6.07, 6.45) is 1.63. The van der Waals surface area contributed by atoms with Gasteiger partial charge in [-0.2, -0.15) is 0 Å².